The molecule has 1 N–H and O–H groups in total. The summed E-state index contributed by atoms with van der Waals surface area (Å²) in [7, 11) is -2.92. The highest BCUT2D eigenvalue weighted by Crippen LogP contribution is 2.60. The number of carboxylic acids is 1. The van der Waals surface area contributed by atoms with Crippen molar-refractivity contribution in [2.45, 2.75) is 32.2 Å². The Balaban J connectivity index is 1.46. The molecule has 0 bridgehead atoms. The van der Waals surface area contributed by atoms with Crippen LogP contribution >= 0.6 is 0 Å². The standard InChI is InChI=1S/C18H21NO5S/c20-16(15-10-18(15)4-7-25(23,24)8-5-18)19-6-3-12-1-2-13(17(21)22)9-14(12)11-19/h1-2,9,15H,3-8,10-11H2,(H,21,22). The SMILES string of the molecule is O=C(O)c1ccc2c(c1)CN(C(=O)C1CC13CCS(=O)(=O)CC3)CC2. The molecule has 2 fully saturated rings. The van der Waals surface area contributed by atoms with E-state index in [2.05, 4.69) is 0 Å². The minimum Gasteiger partial charge on any atom is -0.478 e. The van der Waals surface area contributed by atoms with Crippen LogP contribution in [-0.2, 0) is 27.6 Å². The van der Waals surface area contributed by atoms with Crippen LogP contribution in [0.2, 0.25) is 0 Å². The molecule has 1 saturated carbocycles. The van der Waals surface area contributed by atoms with Crippen molar-refractivity contribution in [2.75, 3.05) is 18.1 Å². The van der Waals surface area contributed by atoms with Gasteiger partial charge in [0.15, 0.2) is 0 Å². The summed E-state index contributed by atoms with van der Waals surface area (Å²) < 4.78 is 23.3. The number of rotatable bonds is 2. The summed E-state index contributed by atoms with van der Waals surface area (Å²) in [5, 5.41) is 9.14. The number of carbonyl (C=O) groups is 2. The second kappa shape index (κ2) is 5.56. The molecule has 4 rings (SSSR count). The molecule has 7 heteroatoms. The van der Waals surface area contributed by atoms with Crippen molar-refractivity contribution in [1.82, 2.24) is 4.90 Å². The van der Waals surface area contributed by atoms with Crippen molar-refractivity contribution in [2.24, 2.45) is 11.3 Å². The number of hydrogen-bond donors (Lipinski definition) is 1. The molecule has 1 saturated heterocycles. The van der Waals surface area contributed by atoms with Crippen molar-refractivity contribution in [3.8, 4) is 0 Å². The first kappa shape index (κ1) is 16.6. The quantitative estimate of drug-likeness (QED) is 0.859. The first-order chi connectivity index (χ1) is 11.8. The lowest BCUT2D eigenvalue weighted by molar-refractivity contribution is -0.134. The Kier molecular flexibility index (Phi) is 3.68. The van der Waals surface area contributed by atoms with E-state index in [-0.39, 0.29) is 34.3 Å². The van der Waals surface area contributed by atoms with Gasteiger partial charge in [0.05, 0.1) is 17.1 Å². The minimum atomic E-state index is -2.92. The summed E-state index contributed by atoms with van der Waals surface area (Å²) in [6, 6.07) is 5.11. The summed E-state index contributed by atoms with van der Waals surface area (Å²) in [6.07, 6.45) is 2.72. The maximum absolute atomic E-state index is 12.9. The number of carboxylic acid groups (broad SMARTS) is 1. The number of sulfone groups is 1. The Hall–Kier alpha value is -1.89. The Labute approximate surface area is 146 Å². The van der Waals surface area contributed by atoms with Gasteiger partial charge in [0.2, 0.25) is 5.91 Å². The molecule has 1 aliphatic carbocycles. The van der Waals surface area contributed by atoms with Crippen molar-refractivity contribution in [1.29, 1.82) is 0 Å². The number of benzene rings is 1. The van der Waals surface area contributed by atoms with Crippen LogP contribution in [0.5, 0.6) is 0 Å². The molecular weight excluding hydrogens is 342 g/mol. The monoisotopic (exact) mass is 363 g/mol. The van der Waals surface area contributed by atoms with E-state index in [9.17, 15) is 18.0 Å². The van der Waals surface area contributed by atoms with Crippen molar-refractivity contribution in [3.63, 3.8) is 0 Å². The van der Waals surface area contributed by atoms with Crippen LogP contribution in [0.25, 0.3) is 0 Å². The molecule has 1 spiro atoms. The zero-order valence-electron chi connectivity index (χ0n) is 13.9. The molecule has 2 heterocycles. The minimum absolute atomic E-state index is 0.0628. The zero-order chi connectivity index (χ0) is 17.8. The maximum atomic E-state index is 12.9. The number of carbonyl (C=O) groups excluding carboxylic acids is 1. The maximum Gasteiger partial charge on any atom is 0.335 e. The molecule has 1 amide bonds. The third kappa shape index (κ3) is 2.94. The highest BCUT2D eigenvalue weighted by Gasteiger charge is 2.60. The molecule has 25 heavy (non-hydrogen) atoms. The van der Waals surface area contributed by atoms with Gasteiger partial charge in [-0.2, -0.15) is 0 Å². The summed E-state index contributed by atoms with van der Waals surface area (Å²) >= 11 is 0. The van der Waals surface area contributed by atoms with E-state index >= 15 is 0 Å². The van der Waals surface area contributed by atoms with Gasteiger partial charge in [-0.15, -0.1) is 0 Å². The predicted octanol–water partition coefficient (Wildman–Crippen LogP) is 1.48. The highest BCUT2D eigenvalue weighted by molar-refractivity contribution is 7.91. The van der Waals surface area contributed by atoms with Crippen LogP contribution in [0.4, 0.5) is 0 Å². The van der Waals surface area contributed by atoms with Gasteiger partial charge in [-0.3, -0.25) is 4.79 Å². The van der Waals surface area contributed by atoms with E-state index in [1.807, 2.05) is 11.0 Å². The van der Waals surface area contributed by atoms with Gasteiger partial charge in [-0.25, -0.2) is 13.2 Å². The zero-order valence-corrected chi connectivity index (χ0v) is 14.7. The number of amides is 1. The molecule has 2 aliphatic heterocycles. The van der Waals surface area contributed by atoms with E-state index in [1.54, 1.807) is 12.1 Å². The topological polar surface area (TPSA) is 91.8 Å². The van der Waals surface area contributed by atoms with Gasteiger partial charge in [-0.05, 0) is 54.4 Å². The molecular formula is C18H21NO5S. The predicted molar refractivity (Wildman–Crippen MR) is 91.0 cm³/mol. The third-order valence-electron chi connectivity index (χ3n) is 6.09. The third-order valence-corrected chi connectivity index (χ3v) is 7.74. The highest BCUT2D eigenvalue weighted by atomic mass is 32.2. The van der Waals surface area contributed by atoms with E-state index < -0.39 is 15.8 Å². The summed E-state index contributed by atoms with van der Waals surface area (Å²) in [4.78, 5) is 25.8. The molecule has 0 radical (unpaired) electrons. The molecule has 134 valence electrons. The molecule has 1 aromatic rings. The van der Waals surface area contributed by atoms with Gasteiger partial charge in [0.1, 0.15) is 9.84 Å². The largest absolute Gasteiger partial charge is 0.478 e. The Morgan fingerprint density at radius 2 is 1.88 bits per heavy atom. The fraction of sp³-hybridized carbons (Fsp3) is 0.556. The Bertz CT molecular complexity index is 846. The lowest BCUT2D eigenvalue weighted by Gasteiger charge is -2.31. The fourth-order valence-electron chi connectivity index (χ4n) is 4.29. The van der Waals surface area contributed by atoms with Gasteiger partial charge >= 0.3 is 5.97 Å². The van der Waals surface area contributed by atoms with Crippen LogP contribution in [0.15, 0.2) is 18.2 Å². The van der Waals surface area contributed by atoms with Crippen molar-refractivity contribution >= 4 is 21.7 Å². The lowest BCUT2D eigenvalue weighted by atomic mass is 9.94. The molecule has 1 atom stereocenters. The number of hydrogen-bond acceptors (Lipinski definition) is 4. The smallest absolute Gasteiger partial charge is 0.335 e. The summed E-state index contributed by atoms with van der Waals surface area (Å²) in [6.45, 7) is 1.09. The summed E-state index contributed by atoms with van der Waals surface area (Å²) in [5.74, 6) is -0.530. The average Bonchev–Trinajstić information content (AvgIpc) is 3.30. The number of aromatic carboxylic acids is 1. The molecule has 6 nitrogen and oxygen atoms in total. The van der Waals surface area contributed by atoms with Crippen molar-refractivity contribution in [3.05, 3.63) is 34.9 Å². The second-order valence-electron chi connectivity index (χ2n) is 7.57. The van der Waals surface area contributed by atoms with Gasteiger partial charge < -0.3 is 10.0 Å². The van der Waals surface area contributed by atoms with Crippen LogP contribution in [0, 0.1) is 11.3 Å². The normalized spacial score (nSPS) is 26.1. The van der Waals surface area contributed by atoms with Crippen LogP contribution in [-0.4, -0.2) is 48.4 Å². The molecule has 3 aliphatic rings. The lowest BCUT2D eigenvalue weighted by Crippen LogP contribution is -2.39. The first-order valence-electron chi connectivity index (χ1n) is 8.64. The van der Waals surface area contributed by atoms with E-state index in [4.69, 9.17) is 5.11 Å². The van der Waals surface area contributed by atoms with Crippen LogP contribution < -0.4 is 0 Å². The fourth-order valence-corrected chi connectivity index (χ4v) is 5.93. The molecule has 1 unspecified atom stereocenters. The number of nitrogens with zero attached hydrogens (tertiary/aromatic N) is 1. The van der Waals surface area contributed by atoms with Crippen LogP contribution in [0.1, 0.15) is 40.7 Å². The molecule has 0 aromatic heterocycles. The van der Waals surface area contributed by atoms with E-state index in [0.717, 1.165) is 24.0 Å². The van der Waals surface area contributed by atoms with Gasteiger partial charge in [0, 0.05) is 19.0 Å². The van der Waals surface area contributed by atoms with Gasteiger partial charge in [0.25, 0.3) is 0 Å². The van der Waals surface area contributed by atoms with E-state index in [1.165, 1.54) is 0 Å². The molecule has 1 aromatic carbocycles. The summed E-state index contributed by atoms with van der Waals surface area (Å²) in [5.41, 5.74) is 2.14. The number of fused-ring (bicyclic) bond motifs is 1. The Morgan fingerprint density at radius 3 is 2.56 bits per heavy atom. The Morgan fingerprint density at radius 1 is 1.16 bits per heavy atom. The second-order valence-corrected chi connectivity index (χ2v) is 9.87. The van der Waals surface area contributed by atoms with Crippen LogP contribution in [0.3, 0.4) is 0 Å². The van der Waals surface area contributed by atoms with E-state index in [0.29, 0.717) is 25.9 Å². The average molecular weight is 363 g/mol. The van der Waals surface area contributed by atoms with Gasteiger partial charge in [-0.1, -0.05) is 6.07 Å². The first-order valence-corrected chi connectivity index (χ1v) is 10.5. The van der Waals surface area contributed by atoms with Crippen molar-refractivity contribution < 1.29 is 23.1 Å².